The Kier molecular flexibility index (Phi) is 4.98. The summed E-state index contributed by atoms with van der Waals surface area (Å²) >= 11 is 0. The van der Waals surface area contributed by atoms with Crippen molar-refractivity contribution in [3.8, 4) is 0 Å². The van der Waals surface area contributed by atoms with Gasteiger partial charge in [0.1, 0.15) is 0 Å². The smallest absolute Gasteiger partial charge is 0.264 e. The number of rotatable bonds is 7. The molecule has 1 fully saturated rings. The molecule has 138 valence electrons. The monoisotopic (exact) mass is 356 g/mol. The fourth-order valence-electron chi connectivity index (χ4n) is 3.52. The Balaban J connectivity index is 2.05. The average molecular weight is 356 g/mol. The highest BCUT2D eigenvalue weighted by Crippen LogP contribution is 2.46. The second kappa shape index (κ2) is 7.05. The third-order valence-electron chi connectivity index (χ3n) is 5.11. The molecule has 0 saturated carbocycles. The van der Waals surface area contributed by atoms with Gasteiger partial charge in [-0.15, -0.1) is 6.58 Å². The van der Waals surface area contributed by atoms with Crippen LogP contribution in [0.15, 0.2) is 43.0 Å². The number of amides is 2. The minimum atomic E-state index is -1.71. The number of carbonyl (C=O) groups is 2. The van der Waals surface area contributed by atoms with Gasteiger partial charge < -0.3 is 20.0 Å². The van der Waals surface area contributed by atoms with Gasteiger partial charge in [-0.2, -0.15) is 0 Å². The van der Waals surface area contributed by atoms with E-state index in [9.17, 15) is 14.7 Å². The van der Waals surface area contributed by atoms with Crippen molar-refractivity contribution in [3.05, 3.63) is 48.6 Å². The summed E-state index contributed by atoms with van der Waals surface area (Å²) in [4.78, 5) is 28.0. The van der Waals surface area contributed by atoms with Crippen LogP contribution in [0.25, 0.3) is 0 Å². The topological polar surface area (TPSA) is 81.1 Å². The molecule has 1 aromatic rings. The largest absolute Gasteiger partial charge is 0.396 e. The van der Waals surface area contributed by atoms with Crippen molar-refractivity contribution in [3.63, 3.8) is 0 Å². The van der Waals surface area contributed by atoms with Crippen LogP contribution in [-0.4, -0.2) is 41.7 Å². The fourth-order valence-corrected chi connectivity index (χ4v) is 3.52. The van der Waals surface area contributed by atoms with E-state index < -0.39 is 17.4 Å². The molecule has 26 heavy (non-hydrogen) atoms. The van der Waals surface area contributed by atoms with Gasteiger partial charge in [0.25, 0.3) is 5.91 Å². The third kappa shape index (κ3) is 2.75. The summed E-state index contributed by atoms with van der Waals surface area (Å²) in [5.41, 5.74) is 0.117. The molecule has 2 atom stereocenters. The van der Waals surface area contributed by atoms with E-state index in [1.807, 2.05) is 0 Å². The van der Waals surface area contributed by atoms with Crippen molar-refractivity contribution in [2.24, 2.45) is 5.92 Å². The fraction of sp³-hybridized carbons (Fsp3) is 0.400. The number of fused-ring (bicyclic) bond motifs is 1. The summed E-state index contributed by atoms with van der Waals surface area (Å²) < 4.78 is 0. The first-order chi connectivity index (χ1) is 12.4. The zero-order valence-electron chi connectivity index (χ0n) is 14.9. The van der Waals surface area contributed by atoms with Gasteiger partial charge in [0, 0.05) is 43.3 Å². The number of aliphatic hydroxyl groups excluding tert-OH is 1. The lowest BCUT2D eigenvalue weighted by molar-refractivity contribution is -0.139. The van der Waals surface area contributed by atoms with E-state index in [-0.39, 0.29) is 12.5 Å². The molecule has 1 aromatic carbocycles. The molecule has 0 aromatic heterocycles. The lowest BCUT2D eigenvalue weighted by atomic mass is 9.82. The maximum atomic E-state index is 13.0. The number of benzene rings is 1. The van der Waals surface area contributed by atoms with Crippen LogP contribution in [-0.2, 0) is 15.2 Å². The molecule has 1 saturated heterocycles. The van der Waals surface area contributed by atoms with Crippen molar-refractivity contribution < 1.29 is 19.8 Å². The third-order valence-corrected chi connectivity index (χ3v) is 5.11. The first-order valence-corrected chi connectivity index (χ1v) is 8.82. The highest BCUT2D eigenvalue weighted by Gasteiger charge is 2.52. The van der Waals surface area contributed by atoms with E-state index in [1.165, 1.54) is 4.90 Å². The number of β-lactam (4-membered cyclic amide) rings is 1. The van der Waals surface area contributed by atoms with Crippen molar-refractivity contribution in [2.75, 3.05) is 29.5 Å². The van der Waals surface area contributed by atoms with Gasteiger partial charge >= 0.3 is 0 Å². The molecular formula is C20H24N2O4. The zero-order valence-corrected chi connectivity index (χ0v) is 14.9. The molecule has 0 bridgehead atoms. The SMILES string of the molecule is C=CCN1C(=O)[C@](O)([C@H](C)/C=C/CCO)c2cc(N3CCC3=O)ccc21. The van der Waals surface area contributed by atoms with Crippen LogP contribution in [0.2, 0.25) is 0 Å². The van der Waals surface area contributed by atoms with Gasteiger partial charge in [0.2, 0.25) is 5.91 Å². The molecule has 2 amide bonds. The number of anilines is 2. The van der Waals surface area contributed by atoms with Crippen LogP contribution in [0.5, 0.6) is 0 Å². The van der Waals surface area contributed by atoms with E-state index in [4.69, 9.17) is 5.11 Å². The standard InChI is InChI=1S/C20H24N2O4/c1-3-10-22-17-8-7-15(21-11-9-18(21)24)13-16(17)20(26,19(22)25)14(2)6-4-5-12-23/h3-4,6-8,13-14,23,26H,1,5,9-12H2,2H3/b6-4+/t14-,20+/m1/s1. The Labute approximate surface area is 153 Å². The molecule has 2 aliphatic rings. The molecule has 0 spiro atoms. The lowest BCUT2D eigenvalue weighted by Crippen LogP contribution is -2.45. The normalized spacial score (nSPS) is 23.3. The molecule has 2 aliphatic heterocycles. The van der Waals surface area contributed by atoms with Crippen LogP contribution in [0.3, 0.4) is 0 Å². The number of hydrogen-bond acceptors (Lipinski definition) is 4. The highest BCUT2D eigenvalue weighted by atomic mass is 16.3. The lowest BCUT2D eigenvalue weighted by Gasteiger charge is -2.32. The van der Waals surface area contributed by atoms with E-state index in [1.54, 1.807) is 48.3 Å². The molecular weight excluding hydrogens is 332 g/mol. The summed E-state index contributed by atoms with van der Waals surface area (Å²) in [5.74, 6) is -0.852. The van der Waals surface area contributed by atoms with E-state index in [0.29, 0.717) is 42.9 Å². The molecule has 3 rings (SSSR count). The maximum absolute atomic E-state index is 13.0. The first-order valence-electron chi connectivity index (χ1n) is 8.82. The number of nitrogens with zero attached hydrogens (tertiary/aromatic N) is 2. The Morgan fingerprint density at radius 1 is 1.38 bits per heavy atom. The summed E-state index contributed by atoms with van der Waals surface area (Å²) in [6.45, 7) is 6.41. The molecule has 0 radical (unpaired) electrons. The van der Waals surface area contributed by atoms with Gasteiger partial charge in [-0.05, 0) is 24.6 Å². The first kappa shape index (κ1) is 18.4. The van der Waals surface area contributed by atoms with Crippen LogP contribution >= 0.6 is 0 Å². The minimum Gasteiger partial charge on any atom is -0.396 e. The molecule has 6 heteroatoms. The quantitative estimate of drug-likeness (QED) is 0.576. The van der Waals surface area contributed by atoms with Crippen LogP contribution in [0, 0.1) is 5.92 Å². The predicted octanol–water partition coefficient (Wildman–Crippen LogP) is 1.72. The summed E-state index contributed by atoms with van der Waals surface area (Å²) in [6, 6.07) is 5.32. The second-order valence-corrected chi connectivity index (χ2v) is 6.70. The zero-order chi connectivity index (χ0) is 18.9. The number of carbonyl (C=O) groups excluding carboxylic acids is 2. The van der Waals surface area contributed by atoms with Gasteiger partial charge in [-0.3, -0.25) is 9.59 Å². The Bertz CT molecular complexity index is 773. The molecule has 6 nitrogen and oxygen atoms in total. The van der Waals surface area contributed by atoms with Gasteiger partial charge in [-0.1, -0.05) is 25.2 Å². The van der Waals surface area contributed by atoms with Crippen LogP contribution < -0.4 is 9.80 Å². The molecule has 0 aliphatic carbocycles. The van der Waals surface area contributed by atoms with Gasteiger partial charge in [0.05, 0.1) is 5.69 Å². The van der Waals surface area contributed by atoms with Crippen molar-refractivity contribution in [2.45, 2.75) is 25.4 Å². The Morgan fingerprint density at radius 3 is 2.73 bits per heavy atom. The molecule has 0 unspecified atom stereocenters. The summed E-state index contributed by atoms with van der Waals surface area (Å²) in [5, 5.41) is 20.3. The van der Waals surface area contributed by atoms with Crippen LogP contribution in [0.1, 0.15) is 25.3 Å². The van der Waals surface area contributed by atoms with Gasteiger partial charge in [-0.25, -0.2) is 0 Å². The number of hydrogen-bond donors (Lipinski definition) is 2. The van der Waals surface area contributed by atoms with Crippen molar-refractivity contribution in [1.29, 1.82) is 0 Å². The molecule has 2 heterocycles. The average Bonchev–Trinajstić information content (AvgIpc) is 2.83. The summed E-state index contributed by atoms with van der Waals surface area (Å²) in [7, 11) is 0. The summed E-state index contributed by atoms with van der Waals surface area (Å²) in [6.07, 6.45) is 6.10. The maximum Gasteiger partial charge on any atom is 0.264 e. The van der Waals surface area contributed by atoms with E-state index >= 15 is 0 Å². The minimum absolute atomic E-state index is 0.00991. The van der Waals surface area contributed by atoms with E-state index in [2.05, 4.69) is 6.58 Å². The van der Waals surface area contributed by atoms with Crippen molar-refractivity contribution in [1.82, 2.24) is 0 Å². The second-order valence-electron chi connectivity index (χ2n) is 6.70. The molecule has 2 N–H and O–H groups in total. The number of aliphatic hydroxyl groups is 2. The van der Waals surface area contributed by atoms with Crippen molar-refractivity contribution >= 4 is 23.2 Å². The van der Waals surface area contributed by atoms with E-state index in [0.717, 1.165) is 0 Å². The highest BCUT2D eigenvalue weighted by molar-refractivity contribution is 6.08. The Hall–Kier alpha value is -2.44. The Morgan fingerprint density at radius 2 is 2.15 bits per heavy atom. The van der Waals surface area contributed by atoms with Gasteiger partial charge in [0.15, 0.2) is 5.60 Å². The predicted molar refractivity (Wildman–Crippen MR) is 99.9 cm³/mol. The van der Waals surface area contributed by atoms with Crippen LogP contribution in [0.4, 0.5) is 11.4 Å².